The molecule has 1 unspecified atom stereocenters. The van der Waals surface area contributed by atoms with E-state index in [1.165, 1.54) is 6.26 Å². The molecule has 116 valence electrons. The van der Waals surface area contributed by atoms with Gasteiger partial charge in [0.15, 0.2) is 5.76 Å². The molecule has 2 rings (SSSR count). The van der Waals surface area contributed by atoms with Crippen LogP contribution in [0.3, 0.4) is 0 Å². The molecule has 1 saturated carbocycles. The largest absolute Gasteiger partial charge is 0.459 e. The zero-order valence-corrected chi connectivity index (χ0v) is 12.2. The Bertz CT molecular complexity index is 464. The van der Waals surface area contributed by atoms with E-state index in [1.807, 2.05) is 0 Å². The number of aliphatic hydroxyl groups excluding tert-OH is 1. The standard InChI is InChI=1S/C15H22N2O4/c1-10(17-15(20)13-3-2-8-21-13)14(19)16-9-11-4-6-12(18)7-5-11/h2-3,8,10-12,18H,4-7,9H2,1H3,(H,16,19)(H,17,20). The predicted octanol–water partition coefficient (Wildman–Crippen LogP) is 1.07. The number of carbonyl (C=O) groups is 2. The third kappa shape index (κ3) is 4.60. The summed E-state index contributed by atoms with van der Waals surface area (Å²) in [6, 6.07) is 2.56. The Balaban J connectivity index is 1.71. The average Bonchev–Trinajstić information content (AvgIpc) is 3.00. The Labute approximate surface area is 123 Å². The second kappa shape index (κ2) is 7.26. The van der Waals surface area contributed by atoms with Crippen molar-refractivity contribution < 1.29 is 19.1 Å². The Morgan fingerprint density at radius 2 is 2.10 bits per heavy atom. The predicted molar refractivity (Wildman–Crippen MR) is 76.6 cm³/mol. The van der Waals surface area contributed by atoms with Crippen molar-refractivity contribution in [2.75, 3.05) is 6.54 Å². The number of rotatable bonds is 5. The summed E-state index contributed by atoms with van der Waals surface area (Å²) in [4.78, 5) is 23.7. The topological polar surface area (TPSA) is 91.6 Å². The number of carbonyl (C=O) groups excluding carboxylic acids is 2. The second-order valence-electron chi connectivity index (χ2n) is 5.59. The van der Waals surface area contributed by atoms with Crippen molar-refractivity contribution in [3.8, 4) is 0 Å². The van der Waals surface area contributed by atoms with E-state index in [0.29, 0.717) is 12.5 Å². The maximum atomic E-state index is 11.9. The van der Waals surface area contributed by atoms with Crippen LogP contribution in [0, 0.1) is 5.92 Å². The minimum Gasteiger partial charge on any atom is -0.459 e. The van der Waals surface area contributed by atoms with Gasteiger partial charge in [0.2, 0.25) is 5.91 Å². The SMILES string of the molecule is CC(NC(=O)c1ccco1)C(=O)NCC1CCC(O)CC1. The number of aliphatic hydroxyl groups is 1. The third-order valence-corrected chi connectivity index (χ3v) is 3.87. The maximum absolute atomic E-state index is 11.9. The van der Waals surface area contributed by atoms with E-state index in [0.717, 1.165) is 25.7 Å². The highest BCUT2D eigenvalue weighted by molar-refractivity contribution is 5.95. The van der Waals surface area contributed by atoms with Crippen LogP contribution in [0.25, 0.3) is 0 Å². The first-order valence-corrected chi connectivity index (χ1v) is 7.36. The molecule has 1 aromatic rings. The van der Waals surface area contributed by atoms with Crippen molar-refractivity contribution in [3.05, 3.63) is 24.2 Å². The lowest BCUT2D eigenvalue weighted by molar-refractivity contribution is -0.122. The van der Waals surface area contributed by atoms with E-state index in [1.54, 1.807) is 19.1 Å². The van der Waals surface area contributed by atoms with E-state index >= 15 is 0 Å². The van der Waals surface area contributed by atoms with Gasteiger partial charge in [-0.05, 0) is 50.7 Å². The Kier molecular flexibility index (Phi) is 5.38. The number of hydrogen-bond acceptors (Lipinski definition) is 4. The molecule has 1 aliphatic rings. The molecule has 0 spiro atoms. The van der Waals surface area contributed by atoms with Crippen LogP contribution in [0.4, 0.5) is 0 Å². The fourth-order valence-electron chi connectivity index (χ4n) is 2.49. The smallest absolute Gasteiger partial charge is 0.287 e. The van der Waals surface area contributed by atoms with Crippen LogP contribution < -0.4 is 10.6 Å². The quantitative estimate of drug-likeness (QED) is 0.757. The number of furan rings is 1. The van der Waals surface area contributed by atoms with E-state index in [2.05, 4.69) is 10.6 Å². The fourth-order valence-corrected chi connectivity index (χ4v) is 2.49. The summed E-state index contributed by atoms with van der Waals surface area (Å²) in [5.74, 6) is -0.00860. The summed E-state index contributed by atoms with van der Waals surface area (Å²) in [5, 5.41) is 14.9. The first-order valence-electron chi connectivity index (χ1n) is 7.36. The van der Waals surface area contributed by atoms with Crippen LogP contribution in [0.5, 0.6) is 0 Å². The van der Waals surface area contributed by atoms with Crippen molar-refractivity contribution in [1.82, 2.24) is 10.6 Å². The van der Waals surface area contributed by atoms with E-state index in [9.17, 15) is 14.7 Å². The van der Waals surface area contributed by atoms with E-state index in [4.69, 9.17) is 4.42 Å². The van der Waals surface area contributed by atoms with Gasteiger partial charge in [-0.25, -0.2) is 0 Å². The highest BCUT2D eigenvalue weighted by atomic mass is 16.3. The van der Waals surface area contributed by atoms with Crippen molar-refractivity contribution in [2.24, 2.45) is 5.92 Å². The van der Waals surface area contributed by atoms with Gasteiger partial charge in [-0.15, -0.1) is 0 Å². The lowest BCUT2D eigenvalue weighted by atomic mass is 9.87. The van der Waals surface area contributed by atoms with Crippen molar-refractivity contribution in [2.45, 2.75) is 44.8 Å². The normalized spacial score (nSPS) is 23.3. The van der Waals surface area contributed by atoms with Gasteiger partial charge in [0.05, 0.1) is 12.4 Å². The molecular weight excluding hydrogens is 272 g/mol. The molecule has 1 atom stereocenters. The van der Waals surface area contributed by atoms with Gasteiger partial charge in [0.1, 0.15) is 6.04 Å². The molecule has 0 saturated heterocycles. The number of hydrogen-bond donors (Lipinski definition) is 3. The van der Waals surface area contributed by atoms with Gasteiger partial charge in [-0.1, -0.05) is 0 Å². The third-order valence-electron chi connectivity index (χ3n) is 3.87. The molecule has 0 aliphatic heterocycles. The molecule has 21 heavy (non-hydrogen) atoms. The summed E-state index contributed by atoms with van der Waals surface area (Å²) in [5.41, 5.74) is 0. The molecule has 1 heterocycles. The Morgan fingerprint density at radius 3 is 2.71 bits per heavy atom. The monoisotopic (exact) mass is 294 g/mol. The highest BCUT2D eigenvalue weighted by Crippen LogP contribution is 2.23. The zero-order valence-electron chi connectivity index (χ0n) is 12.2. The molecule has 6 nitrogen and oxygen atoms in total. The molecule has 0 radical (unpaired) electrons. The summed E-state index contributed by atoms with van der Waals surface area (Å²) >= 11 is 0. The molecule has 2 amide bonds. The van der Waals surface area contributed by atoms with Gasteiger partial charge in [0, 0.05) is 6.54 Å². The lowest BCUT2D eigenvalue weighted by Gasteiger charge is -2.26. The average molecular weight is 294 g/mol. The second-order valence-corrected chi connectivity index (χ2v) is 5.59. The van der Waals surface area contributed by atoms with Crippen LogP contribution in [-0.4, -0.2) is 35.6 Å². The van der Waals surface area contributed by atoms with Gasteiger partial charge < -0.3 is 20.2 Å². The van der Waals surface area contributed by atoms with Crippen LogP contribution >= 0.6 is 0 Å². The molecule has 1 aliphatic carbocycles. The number of nitrogens with one attached hydrogen (secondary N) is 2. The number of amides is 2. The van der Waals surface area contributed by atoms with Gasteiger partial charge in [0.25, 0.3) is 5.91 Å². The summed E-state index contributed by atoms with van der Waals surface area (Å²) < 4.78 is 4.97. The van der Waals surface area contributed by atoms with Crippen molar-refractivity contribution in [1.29, 1.82) is 0 Å². The molecule has 1 fully saturated rings. The Hall–Kier alpha value is -1.82. The molecule has 0 bridgehead atoms. The minimum atomic E-state index is -0.614. The molecule has 3 N–H and O–H groups in total. The summed E-state index contributed by atoms with van der Waals surface area (Å²) in [6.45, 7) is 2.23. The Morgan fingerprint density at radius 1 is 1.38 bits per heavy atom. The highest BCUT2D eigenvalue weighted by Gasteiger charge is 2.22. The minimum absolute atomic E-state index is 0.191. The molecule has 0 aromatic carbocycles. The first kappa shape index (κ1) is 15.6. The van der Waals surface area contributed by atoms with Crippen LogP contribution in [0.15, 0.2) is 22.8 Å². The fraction of sp³-hybridized carbons (Fsp3) is 0.600. The summed E-state index contributed by atoms with van der Waals surface area (Å²) in [6.07, 6.45) is 4.67. The van der Waals surface area contributed by atoms with Crippen LogP contribution in [0.2, 0.25) is 0 Å². The van der Waals surface area contributed by atoms with Crippen molar-refractivity contribution in [3.63, 3.8) is 0 Å². The van der Waals surface area contributed by atoms with Gasteiger partial charge in [-0.2, -0.15) is 0 Å². The molecular formula is C15H22N2O4. The lowest BCUT2D eigenvalue weighted by Crippen LogP contribution is -2.46. The van der Waals surface area contributed by atoms with Gasteiger partial charge >= 0.3 is 0 Å². The molecule has 6 heteroatoms. The van der Waals surface area contributed by atoms with E-state index in [-0.39, 0.29) is 17.8 Å². The zero-order chi connectivity index (χ0) is 15.2. The summed E-state index contributed by atoms with van der Waals surface area (Å²) in [7, 11) is 0. The maximum Gasteiger partial charge on any atom is 0.287 e. The first-order chi connectivity index (χ1) is 10.1. The van der Waals surface area contributed by atoms with E-state index < -0.39 is 11.9 Å². The van der Waals surface area contributed by atoms with Crippen molar-refractivity contribution >= 4 is 11.8 Å². The van der Waals surface area contributed by atoms with Crippen LogP contribution in [0.1, 0.15) is 43.2 Å². The van der Waals surface area contributed by atoms with Crippen LogP contribution in [-0.2, 0) is 4.79 Å². The molecule has 1 aromatic heterocycles. The van der Waals surface area contributed by atoms with Gasteiger partial charge in [-0.3, -0.25) is 9.59 Å².